The molecule has 24 heavy (non-hydrogen) atoms. The van der Waals surface area contributed by atoms with Crippen LogP contribution in [0.2, 0.25) is 0 Å². The molecule has 0 saturated heterocycles. The molecule has 0 saturated carbocycles. The van der Waals surface area contributed by atoms with Gasteiger partial charge in [0.2, 0.25) is 16.7 Å². The zero-order valence-electron chi connectivity index (χ0n) is 13.5. The van der Waals surface area contributed by atoms with Crippen LogP contribution in [-0.4, -0.2) is 15.2 Å². The highest BCUT2D eigenvalue weighted by molar-refractivity contribution is 5.85. The molecule has 0 aliphatic heterocycles. The number of para-hydroxylation sites is 1. The van der Waals surface area contributed by atoms with Crippen molar-refractivity contribution in [3.63, 3.8) is 0 Å². The average molecular weight is 317 g/mol. The van der Waals surface area contributed by atoms with Crippen LogP contribution in [0.25, 0.3) is 27.8 Å². The van der Waals surface area contributed by atoms with Gasteiger partial charge >= 0.3 is 0 Å². The second-order valence-electron chi connectivity index (χ2n) is 6.04. The predicted octanol–water partition coefficient (Wildman–Crippen LogP) is 3.69. The lowest BCUT2D eigenvalue weighted by molar-refractivity contribution is -0.538. The summed E-state index contributed by atoms with van der Waals surface area (Å²) in [7, 11) is 0. The number of phenols is 2. The third-order valence-electron chi connectivity index (χ3n) is 4.32. The second-order valence-corrected chi connectivity index (χ2v) is 6.04. The van der Waals surface area contributed by atoms with Crippen molar-refractivity contribution >= 4 is 22.1 Å². The molecule has 0 aliphatic carbocycles. The molecule has 2 N–H and O–H groups in total. The van der Waals surface area contributed by atoms with Gasteiger partial charge in [-0.2, -0.15) is 0 Å². The minimum absolute atomic E-state index is 0.227. The maximum Gasteiger partial charge on any atom is 0.241 e. The zero-order valence-corrected chi connectivity index (χ0v) is 13.5. The average Bonchev–Trinajstić information content (AvgIpc) is 2.57. The van der Waals surface area contributed by atoms with Crippen molar-refractivity contribution in [2.75, 3.05) is 0 Å². The third-order valence-corrected chi connectivity index (χ3v) is 4.32. The molecule has 0 bridgehead atoms. The first kappa shape index (κ1) is 14.5. The van der Waals surface area contributed by atoms with Gasteiger partial charge in [0.25, 0.3) is 0 Å². The van der Waals surface area contributed by atoms with Crippen LogP contribution in [0.4, 0.5) is 0 Å². The van der Waals surface area contributed by atoms with E-state index in [2.05, 4.69) is 0 Å². The van der Waals surface area contributed by atoms with E-state index in [0.29, 0.717) is 0 Å². The van der Waals surface area contributed by atoms with Crippen LogP contribution >= 0.6 is 0 Å². The molecule has 118 valence electrons. The summed E-state index contributed by atoms with van der Waals surface area (Å²) in [6.07, 6.45) is 0. The van der Waals surface area contributed by atoms with Crippen molar-refractivity contribution in [3.8, 4) is 17.2 Å². The third kappa shape index (κ3) is 2.15. The topological polar surface area (TPSA) is 57.2 Å². The molecule has 4 rings (SSSR count). The van der Waals surface area contributed by atoms with Crippen LogP contribution in [-0.2, 0) is 0 Å². The minimum atomic E-state index is 0.227. The molecule has 0 aliphatic rings. The summed E-state index contributed by atoms with van der Waals surface area (Å²) in [5.41, 5.74) is 5.69. The Morgan fingerprint density at radius 3 is 1.75 bits per heavy atom. The van der Waals surface area contributed by atoms with Gasteiger partial charge in [0.1, 0.15) is 22.5 Å². The first-order chi connectivity index (χ1) is 11.5. The summed E-state index contributed by atoms with van der Waals surface area (Å²) < 4.78 is 2.01. The number of fused-ring (bicyclic) bond motifs is 2. The lowest BCUT2D eigenvalue weighted by Gasteiger charge is -2.08. The predicted molar refractivity (Wildman–Crippen MR) is 93.6 cm³/mol. The highest BCUT2D eigenvalue weighted by atomic mass is 16.3. The van der Waals surface area contributed by atoms with Crippen molar-refractivity contribution in [1.82, 2.24) is 4.98 Å². The number of phenolic OH excluding ortho intramolecular Hbond substituents is 2. The van der Waals surface area contributed by atoms with Gasteiger partial charge in [0.15, 0.2) is 0 Å². The fourth-order valence-electron chi connectivity index (χ4n) is 2.99. The maximum absolute atomic E-state index is 10.2. The minimum Gasteiger partial charge on any atom is -0.507 e. The van der Waals surface area contributed by atoms with Crippen molar-refractivity contribution in [1.29, 1.82) is 0 Å². The van der Waals surface area contributed by atoms with Gasteiger partial charge in [0.05, 0.1) is 12.1 Å². The molecule has 0 atom stereocenters. The number of hydrogen-bond donors (Lipinski definition) is 2. The van der Waals surface area contributed by atoms with E-state index in [1.54, 1.807) is 12.1 Å². The Hall–Kier alpha value is -3.14. The number of hydrogen-bond acceptors (Lipinski definition) is 3. The molecule has 3 aromatic carbocycles. The lowest BCUT2D eigenvalue weighted by atomic mass is 10.1. The Balaban J connectivity index is 2.25. The Morgan fingerprint density at radius 2 is 1.25 bits per heavy atom. The van der Waals surface area contributed by atoms with Gasteiger partial charge in [0, 0.05) is 12.1 Å². The molecular weight excluding hydrogens is 300 g/mol. The number of rotatable bonds is 1. The molecule has 4 aromatic rings. The molecule has 0 spiro atoms. The molecule has 4 heteroatoms. The Labute approximate surface area is 139 Å². The van der Waals surface area contributed by atoms with Gasteiger partial charge < -0.3 is 10.2 Å². The van der Waals surface area contributed by atoms with E-state index in [4.69, 9.17) is 4.98 Å². The van der Waals surface area contributed by atoms with Crippen molar-refractivity contribution in [2.24, 2.45) is 0 Å². The number of benzene rings is 3. The van der Waals surface area contributed by atoms with Gasteiger partial charge in [-0.1, -0.05) is 18.2 Å². The Bertz CT molecular complexity index is 1020. The summed E-state index contributed by atoms with van der Waals surface area (Å²) in [6, 6.07) is 17.1. The fraction of sp³-hybridized carbons (Fsp3) is 0.100. The molecule has 0 radical (unpaired) electrons. The summed E-state index contributed by atoms with van der Waals surface area (Å²) >= 11 is 0. The lowest BCUT2D eigenvalue weighted by Crippen LogP contribution is -2.33. The summed E-state index contributed by atoms with van der Waals surface area (Å²) in [4.78, 5) is 4.72. The SMILES string of the molecule is Cc1cc2nc3cc(C)c(O)cc3[n+](-c3ccccc3)c2cc1O. The van der Waals surface area contributed by atoms with Gasteiger partial charge in [-0.25, -0.2) is 4.98 Å². The van der Waals surface area contributed by atoms with E-state index in [9.17, 15) is 10.2 Å². The van der Waals surface area contributed by atoms with Crippen molar-refractivity contribution in [2.45, 2.75) is 13.8 Å². The number of nitrogens with zero attached hydrogens (tertiary/aromatic N) is 2. The molecule has 0 amide bonds. The van der Waals surface area contributed by atoms with E-state index in [-0.39, 0.29) is 11.5 Å². The van der Waals surface area contributed by atoms with Crippen molar-refractivity contribution < 1.29 is 14.8 Å². The van der Waals surface area contributed by atoms with E-state index >= 15 is 0 Å². The molecule has 4 nitrogen and oxygen atoms in total. The quantitative estimate of drug-likeness (QED) is 0.416. The van der Waals surface area contributed by atoms with E-state index in [0.717, 1.165) is 38.9 Å². The summed E-state index contributed by atoms with van der Waals surface area (Å²) in [6.45, 7) is 3.71. The normalized spacial score (nSPS) is 11.2. The summed E-state index contributed by atoms with van der Waals surface area (Å²) in [5.74, 6) is 0.453. The molecule has 0 fully saturated rings. The van der Waals surface area contributed by atoms with Crippen LogP contribution in [0.5, 0.6) is 11.5 Å². The highest BCUT2D eigenvalue weighted by Gasteiger charge is 2.21. The maximum atomic E-state index is 10.2. The summed E-state index contributed by atoms with van der Waals surface area (Å²) in [5, 5.41) is 20.3. The molecule has 1 aromatic heterocycles. The molecule has 0 unspecified atom stereocenters. The monoisotopic (exact) mass is 317 g/mol. The van der Waals surface area contributed by atoms with Gasteiger partial charge in [-0.05, 0) is 37.1 Å². The van der Waals surface area contributed by atoms with Gasteiger partial charge in [-0.15, -0.1) is 4.57 Å². The van der Waals surface area contributed by atoms with Crippen LogP contribution in [0, 0.1) is 13.8 Å². The van der Waals surface area contributed by atoms with Crippen LogP contribution in [0.3, 0.4) is 0 Å². The number of aryl methyl sites for hydroxylation is 2. The molecular formula is C20H17N2O2+. The van der Waals surface area contributed by atoms with Crippen LogP contribution < -0.4 is 4.57 Å². The number of aromatic nitrogens is 2. The van der Waals surface area contributed by atoms with E-state index in [1.807, 2.05) is 60.9 Å². The van der Waals surface area contributed by atoms with Crippen LogP contribution in [0.15, 0.2) is 54.6 Å². The number of aromatic hydroxyl groups is 2. The van der Waals surface area contributed by atoms with Crippen molar-refractivity contribution in [3.05, 3.63) is 65.7 Å². The van der Waals surface area contributed by atoms with Gasteiger partial charge in [-0.3, -0.25) is 0 Å². The standard InChI is InChI=1S/C20H16N2O2/c1-12-8-15-17(10-19(12)23)22(14-6-4-3-5-7-14)18-11-20(24)13(2)9-16(18)21-15/h3-11H,1-2H3,(H,23,24)/p+1. The first-order valence-corrected chi connectivity index (χ1v) is 7.79. The largest absolute Gasteiger partial charge is 0.507 e. The second kappa shape index (κ2) is 5.20. The van der Waals surface area contributed by atoms with Crippen LogP contribution in [0.1, 0.15) is 11.1 Å². The zero-order chi connectivity index (χ0) is 16.8. The van der Waals surface area contributed by atoms with E-state index < -0.39 is 0 Å². The first-order valence-electron chi connectivity index (χ1n) is 7.79. The highest BCUT2D eigenvalue weighted by Crippen LogP contribution is 2.27. The smallest absolute Gasteiger partial charge is 0.241 e. The van der Waals surface area contributed by atoms with E-state index in [1.165, 1.54) is 0 Å². The Kier molecular flexibility index (Phi) is 3.13. The Morgan fingerprint density at radius 1 is 0.750 bits per heavy atom. The molecule has 1 heterocycles. The fourth-order valence-corrected chi connectivity index (χ4v) is 2.99.